The Morgan fingerprint density at radius 2 is 1.85 bits per heavy atom. The third kappa shape index (κ3) is 4.42. The minimum absolute atomic E-state index is 0.314. The molecule has 0 saturated carbocycles. The summed E-state index contributed by atoms with van der Waals surface area (Å²) in [7, 11) is 0. The molecule has 27 heavy (non-hydrogen) atoms. The predicted molar refractivity (Wildman–Crippen MR) is 103 cm³/mol. The number of aromatic nitrogens is 2. The lowest BCUT2D eigenvalue weighted by Crippen LogP contribution is -2.39. The Labute approximate surface area is 158 Å². The zero-order chi connectivity index (χ0) is 19.4. The van der Waals surface area contributed by atoms with Crippen molar-refractivity contribution in [2.24, 2.45) is 0 Å². The number of nitrogens with zero attached hydrogens (tertiary/aromatic N) is 3. The second kappa shape index (κ2) is 8.16. The van der Waals surface area contributed by atoms with Crippen LogP contribution in [-0.4, -0.2) is 41.0 Å². The van der Waals surface area contributed by atoms with E-state index in [1.54, 1.807) is 18.5 Å². The molecule has 3 rings (SSSR count). The molecule has 0 unspecified atom stereocenters. The van der Waals surface area contributed by atoms with Crippen LogP contribution in [0.15, 0.2) is 30.6 Å². The van der Waals surface area contributed by atoms with Crippen LogP contribution in [0.2, 0.25) is 0 Å². The Bertz CT molecular complexity index is 815. The Morgan fingerprint density at radius 1 is 1.19 bits per heavy atom. The molecule has 1 aromatic carbocycles. The van der Waals surface area contributed by atoms with Gasteiger partial charge in [0, 0.05) is 24.6 Å². The molecule has 1 fully saturated rings. The van der Waals surface area contributed by atoms with E-state index in [0.29, 0.717) is 18.9 Å². The first-order valence-corrected chi connectivity index (χ1v) is 9.03. The average Bonchev–Trinajstić information content (AvgIpc) is 3.13. The number of anilines is 2. The van der Waals surface area contributed by atoms with E-state index in [2.05, 4.69) is 15.3 Å². The molecule has 1 N–H and O–H groups in total. The highest BCUT2D eigenvalue weighted by Gasteiger charge is 2.33. The number of carbonyl (C=O) groups is 2. The minimum atomic E-state index is -0.456. The Morgan fingerprint density at radius 3 is 2.52 bits per heavy atom. The van der Waals surface area contributed by atoms with Gasteiger partial charge in [0.25, 0.3) is 5.91 Å². The number of hydrogen-bond donors (Lipinski definition) is 1. The highest BCUT2D eigenvalue weighted by atomic mass is 16.5. The van der Waals surface area contributed by atoms with Crippen LogP contribution in [-0.2, 0) is 14.3 Å². The summed E-state index contributed by atoms with van der Waals surface area (Å²) in [6.07, 6.45) is 4.80. The Kier molecular flexibility index (Phi) is 5.69. The van der Waals surface area contributed by atoms with E-state index >= 15 is 0 Å². The Balaban J connectivity index is 1.58. The van der Waals surface area contributed by atoms with Crippen molar-refractivity contribution >= 4 is 23.5 Å². The number of hydrogen-bond acceptors (Lipinski definition) is 6. The molecule has 0 bridgehead atoms. The van der Waals surface area contributed by atoms with Crippen molar-refractivity contribution < 1.29 is 14.3 Å². The summed E-state index contributed by atoms with van der Waals surface area (Å²) in [5.41, 5.74) is 3.87. The number of nitrogens with one attached hydrogen (secondary N) is 1. The second-order valence-electron chi connectivity index (χ2n) is 6.83. The van der Waals surface area contributed by atoms with E-state index in [4.69, 9.17) is 4.74 Å². The van der Waals surface area contributed by atoms with Gasteiger partial charge in [0.2, 0.25) is 5.95 Å². The normalized spacial score (nSPS) is 16.3. The molecule has 1 aromatic heterocycles. The van der Waals surface area contributed by atoms with Crippen molar-refractivity contribution in [3.05, 3.63) is 47.3 Å². The van der Waals surface area contributed by atoms with Gasteiger partial charge in [-0.15, -0.1) is 0 Å². The van der Waals surface area contributed by atoms with Crippen LogP contribution >= 0.6 is 0 Å². The smallest absolute Gasteiger partial charge is 0.329 e. The van der Waals surface area contributed by atoms with Crippen molar-refractivity contribution in [2.45, 2.75) is 39.7 Å². The first kappa shape index (κ1) is 18.8. The molecule has 1 amide bonds. The number of benzene rings is 1. The summed E-state index contributed by atoms with van der Waals surface area (Å²) in [4.78, 5) is 34.9. The molecular formula is C20H24N4O3. The molecule has 0 aliphatic carbocycles. The molecule has 7 heteroatoms. The second-order valence-corrected chi connectivity index (χ2v) is 6.83. The van der Waals surface area contributed by atoms with Crippen molar-refractivity contribution in [2.75, 3.05) is 23.4 Å². The van der Waals surface area contributed by atoms with Gasteiger partial charge in [0.1, 0.15) is 6.04 Å². The summed E-state index contributed by atoms with van der Waals surface area (Å²) >= 11 is 0. The maximum Gasteiger partial charge on any atom is 0.329 e. The molecule has 1 aliphatic rings. The zero-order valence-corrected chi connectivity index (χ0v) is 15.9. The van der Waals surface area contributed by atoms with E-state index < -0.39 is 12.0 Å². The third-order valence-electron chi connectivity index (χ3n) is 4.62. The highest BCUT2D eigenvalue weighted by molar-refractivity contribution is 5.94. The fourth-order valence-electron chi connectivity index (χ4n) is 3.48. The maximum atomic E-state index is 12.5. The summed E-state index contributed by atoms with van der Waals surface area (Å²) in [5, 5.41) is 2.84. The number of carbonyl (C=O) groups excluding carboxylic acids is 2. The van der Waals surface area contributed by atoms with Crippen LogP contribution in [0, 0.1) is 20.8 Å². The average molecular weight is 368 g/mol. The summed E-state index contributed by atoms with van der Waals surface area (Å²) in [5.74, 6) is -0.265. The van der Waals surface area contributed by atoms with Crippen molar-refractivity contribution in [1.29, 1.82) is 0 Å². The van der Waals surface area contributed by atoms with Gasteiger partial charge < -0.3 is 15.0 Å². The molecule has 142 valence electrons. The number of esters is 1. The number of aryl methyl sites for hydroxylation is 3. The lowest BCUT2D eigenvalue weighted by molar-refractivity contribution is -0.148. The molecule has 0 spiro atoms. The molecule has 2 aromatic rings. The Hall–Kier alpha value is -2.96. The fraction of sp³-hybridized carbons (Fsp3) is 0.400. The summed E-state index contributed by atoms with van der Waals surface area (Å²) in [6, 6.07) is 5.28. The maximum absolute atomic E-state index is 12.5. The molecular weight excluding hydrogens is 344 g/mol. The lowest BCUT2D eigenvalue weighted by Gasteiger charge is -2.22. The van der Waals surface area contributed by atoms with E-state index in [1.165, 1.54) is 0 Å². The highest BCUT2D eigenvalue weighted by Crippen LogP contribution is 2.23. The quantitative estimate of drug-likeness (QED) is 0.817. The molecule has 2 heterocycles. The van der Waals surface area contributed by atoms with Crippen LogP contribution in [0.3, 0.4) is 0 Å². The van der Waals surface area contributed by atoms with Gasteiger partial charge in [0.05, 0.1) is 0 Å². The number of rotatable bonds is 5. The number of amides is 1. The van der Waals surface area contributed by atoms with E-state index in [9.17, 15) is 9.59 Å². The van der Waals surface area contributed by atoms with E-state index in [0.717, 1.165) is 28.8 Å². The van der Waals surface area contributed by atoms with Crippen LogP contribution in [0.4, 0.5) is 11.6 Å². The van der Waals surface area contributed by atoms with Crippen LogP contribution in [0.1, 0.15) is 29.5 Å². The monoisotopic (exact) mass is 368 g/mol. The molecule has 1 aliphatic heterocycles. The molecule has 0 radical (unpaired) electrons. The van der Waals surface area contributed by atoms with Crippen molar-refractivity contribution in [1.82, 2.24) is 9.97 Å². The van der Waals surface area contributed by atoms with E-state index in [-0.39, 0.29) is 12.5 Å². The number of ether oxygens (including phenoxy) is 1. The lowest BCUT2D eigenvalue weighted by atomic mass is 10.1. The van der Waals surface area contributed by atoms with Gasteiger partial charge in [-0.1, -0.05) is 17.7 Å². The molecule has 7 nitrogen and oxygen atoms in total. The van der Waals surface area contributed by atoms with Crippen LogP contribution in [0.25, 0.3) is 0 Å². The van der Waals surface area contributed by atoms with E-state index in [1.807, 2.05) is 37.8 Å². The van der Waals surface area contributed by atoms with Crippen LogP contribution < -0.4 is 10.2 Å². The van der Waals surface area contributed by atoms with Crippen molar-refractivity contribution in [3.63, 3.8) is 0 Å². The topological polar surface area (TPSA) is 84.4 Å². The zero-order valence-electron chi connectivity index (χ0n) is 15.9. The fourth-order valence-corrected chi connectivity index (χ4v) is 3.48. The van der Waals surface area contributed by atoms with Crippen LogP contribution in [0.5, 0.6) is 0 Å². The van der Waals surface area contributed by atoms with Gasteiger partial charge in [-0.2, -0.15) is 0 Å². The minimum Gasteiger partial charge on any atom is -0.454 e. The first-order valence-electron chi connectivity index (χ1n) is 9.03. The van der Waals surface area contributed by atoms with Gasteiger partial charge in [-0.3, -0.25) is 4.79 Å². The van der Waals surface area contributed by atoms with Gasteiger partial charge in [-0.05, 0) is 50.8 Å². The molecule has 1 atom stereocenters. The standard InChI is InChI=1S/C20H24N4O3/c1-13-10-14(2)18(15(3)11-13)23-17(25)12-27-19(26)16-6-4-9-24(16)20-21-7-5-8-22-20/h5,7-8,10-11,16H,4,6,9,12H2,1-3H3,(H,23,25)/t16-/m1/s1. The van der Waals surface area contributed by atoms with Gasteiger partial charge in [0.15, 0.2) is 6.61 Å². The summed E-state index contributed by atoms with van der Waals surface area (Å²) < 4.78 is 5.27. The largest absolute Gasteiger partial charge is 0.454 e. The van der Waals surface area contributed by atoms with Gasteiger partial charge >= 0.3 is 5.97 Å². The summed E-state index contributed by atoms with van der Waals surface area (Å²) in [6.45, 7) is 6.27. The third-order valence-corrected chi connectivity index (χ3v) is 4.62. The SMILES string of the molecule is Cc1cc(C)c(NC(=O)COC(=O)[C@H]2CCCN2c2ncccn2)c(C)c1. The van der Waals surface area contributed by atoms with Crippen molar-refractivity contribution in [3.8, 4) is 0 Å². The van der Waals surface area contributed by atoms with Gasteiger partial charge in [-0.25, -0.2) is 14.8 Å². The first-order chi connectivity index (χ1) is 13.0. The molecule has 1 saturated heterocycles. The predicted octanol–water partition coefficient (Wildman–Crippen LogP) is 2.55.